The van der Waals surface area contributed by atoms with E-state index in [1.807, 2.05) is 0 Å². The van der Waals surface area contributed by atoms with E-state index in [2.05, 4.69) is 101 Å². The predicted octanol–water partition coefficient (Wildman–Crippen LogP) is 4.66. The van der Waals surface area contributed by atoms with Gasteiger partial charge in [-0.1, -0.05) is 78.9 Å². The third kappa shape index (κ3) is 2.72. The Hall–Kier alpha value is -3.20. The molecule has 3 heteroatoms. The van der Waals surface area contributed by atoms with Gasteiger partial charge >= 0.3 is 6.98 Å². The van der Waals surface area contributed by atoms with E-state index in [1.165, 1.54) is 38.7 Å². The summed E-state index contributed by atoms with van der Waals surface area (Å²) in [5, 5.41) is 9.85. The quantitative estimate of drug-likeness (QED) is 0.532. The van der Waals surface area contributed by atoms with E-state index >= 15 is 0 Å². The molecule has 0 aromatic heterocycles. The van der Waals surface area contributed by atoms with Gasteiger partial charge in [0.15, 0.2) is 0 Å². The maximum absolute atomic E-state index is 3.66. The fourth-order valence-corrected chi connectivity index (χ4v) is 3.81. The van der Waals surface area contributed by atoms with Gasteiger partial charge < -0.3 is 10.5 Å². The second kappa shape index (κ2) is 6.27. The van der Waals surface area contributed by atoms with Crippen LogP contribution in [0.3, 0.4) is 0 Å². The van der Waals surface area contributed by atoms with E-state index in [9.17, 15) is 0 Å². The molecule has 2 nitrogen and oxygen atoms in total. The Balaban J connectivity index is 1.47. The van der Waals surface area contributed by atoms with Crippen LogP contribution in [0.1, 0.15) is 11.1 Å². The summed E-state index contributed by atoms with van der Waals surface area (Å²) in [6.45, 7) is 0.0752. The summed E-state index contributed by atoms with van der Waals surface area (Å²) >= 11 is 0. The highest BCUT2D eigenvalue weighted by Gasteiger charge is 2.25. The minimum Gasteiger partial charge on any atom is -0.405 e. The highest BCUT2D eigenvalue weighted by molar-refractivity contribution is 6.80. The van der Waals surface area contributed by atoms with Gasteiger partial charge in [-0.25, -0.2) is 0 Å². The molecule has 0 bridgehead atoms. The van der Waals surface area contributed by atoms with Gasteiger partial charge in [0.05, 0.1) is 0 Å². The molecule has 124 valence electrons. The van der Waals surface area contributed by atoms with Crippen molar-refractivity contribution in [1.29, 1.82) is 0 Å². The molecule has 4 aromatic rings. The first-order valence-electron chi connectivity index (χ1n) is 9.04. The number of rotatable bonds is 3. The van der Waals surface area contributed by atoms with Crippen LogP contribution in [0.25, 0.3) is 10.8 Å². The van der Waals surface area contributed by atoms with E-state index in [4.69, 9.17) is 0 Å². The SMILES string of the molecule is c1ccc(Cc2cccc(B3Nc4cccc5cccc(c45)N3)c2)cc1. The Bertz CT molecular complexity index is 1030. The Morgan fingerprint density at radius 2 is 1.27 bits per heavy atom. The van der Waals surface area contributed by atoms with Crippen LogP contribution < -0.4 is 15.9 Å². The average Bonchev–Trinajstić information content (AvgIpc) is 2.69. The fraction of sp³-hybridized carbons (Fsp3) is 0.0435. The van der Waals surface area contributed by atoms with E-state index < -0.39 is 0 Å². The maximum Gasteiger partial charge on any atom is 0.406 e. The van der Waals surface area contributed by atoms with Gasteiger partial charge in [-0.05, 0) is 40.5 Å². The van der Waals surface area contributed by atoms with Gasteiger partial charge in [-0.2, -0.15) is 0 Å². The molecular formula is C23H19BN2. The Morgan fingerprint density at radius 1 is 0.615 bits per heavy atom. The lowest BCUT2D eigenvalue weighted by Gasteiger charge is -2.27. The van der Waals surface area contributed by atoms with Gasteiger partial charge in [-0.15, -0.1) is 0 Å². The van der Waals surface area contributed by atoms with Crippen LogP contribution in [0, 0.1) is 0 Å². The molecule has 0 aliphatic carbocycles. The first-order valence-corrected chi connectivity index (χ1v) is 9.04. The van der Waals surface area contributed by atoms with Crippen molar-refractivity contribution in [1.82, 2.24) is 0 Å². The van der Waals surface area contributed by atoms with E-state index in [0.717, 1.165) is 6.42 Å². The standard InChI is InChI=1S/C23H19BN2/c1-2-7-17(8-3-1)15-18-9-4-12-20(16-18)24-25-21-13-5-10-19-11-6-14-22(26-24)23(19)21/h1-14,16,25-26H,15H2. The summed E-state index contributed by atoms with van der Waals surface area (Å²) in [4.78, 5) is 0. The molecular weight excluding hydrogens is 315 g/mol. The van der Waals surface area contributed by atoms with Crippen molar-refractivity contribution >= 4 is 34.6 Å². The van der Waals surface area contributed by atoms with Crippen LogP contribution in [-0.2, 0) is 6.42 Å². The third-order valence-electron chi connectivity index (χ3n) is 5.04. The molecule has 5 rings (SSSR count). The maximum atomic E-state index is 3.66. The number of hydrogen-bond acceptors (Lipinski definition) is 2. The molecule has 0 saturated carbocycles. The monoisotopic (exact) mass is 334 g/mol. The molecule has 26 heavy (non-hydrogen) atoms. The van der Waals surface area contributed by atoms with Gasteiger partial charge in [0.25, 0.3) is 0 Å². The average molecular weight is 334 g/mol. The van der Waals surface area contributed by atoms with Gasteiger partial charge in [-0.3, -0.25) is 0 Å². The second-order valence-corrected chi connectivity index (χ2v) is 6.84. The van der Waals surface area contributed by atoms with Crippen LogP contribution in [0.5, 0.6) is 0 Å². The predicted molar refractivity (Wildman–Crippen MR) is 112 cm³/mol. The topological polar surface area (TPSA) is 24.1 Å². The summed E-state index contributed by atoms with van der Waals surface area (Å²) in [5.41, 5.74) is 6.30. The highest BCUT2D eigenvalue weighted by Crippen LogP contribution is 2.33. The number of benzene rings is 4. The molecule has 0 radical (unpaired) electrons. The molecule has 1 heterocycles. The van der Waals surface area contributed by atoms with Crippen molar-refractivity contribution in [3.05, 3.63) is 102 Å². The molecule has 0 spiro atoms. The van der Waals surface area contributed by atoms with E-state index in [0.29, 0.717) is 0 Å². The molecule has 1 aliphatic heterocycles. The fourth-order valence-electron chi connectivity index (χ4n) is 3.81. The molecule has 4 aromatic carbocycles. The lowest BCUT2D eigenvalue weighted by atomic mass is 9.65. The summed E-state index contributed by atoms with van der Waals surface area (Å²) < 4.78 is 0. The van der Waals surface area contributed by atoms with Crippen molar-refractivity contribution in [2.24, 2.45) is 0 Å². The second-order valence-electron chi connectivity index (χ2n) is 6.84. The van der Waals surface area contributed by atoms with Crippen molar-refractivity contribution in [2.75, 3.05) is 10.5 Å². The zero-order valence-corrected chi connectivity index (χ0v) is 14.4. The number of nitrogens with one attached hydrogen (secondary N) is 2. The first-order chi connectivity index (χ1) is 12.9. The summed E-state index contributed by atoms with van der Waals surface area (Å²) in [7, 11) is 0. The van der Waals surface area contributed by atoms with Crippen molar-refractivity contribution < 1.29 is 0 Å². The summed E-state index contributed by atoms with van der Waals surface area (Å²) in [6.07, 6.45) is 0.952. The largest absolute Gasteiger partial charge is 0.406 e. The third-order valence-corrected chi connectivity index (χ3v) is 5.04. The van der Waals surface area contributed by atoms with E-state index in [1.54, 1.807) is 0 Å². The zero-order chi connectivity index (χ0) is 17.3. The van der Waals surface area contributed by atoms with Gasteiger partial charge in [0.1, 0.15) is 0 Å². The highest BCUT2D eigenvalue weighted by atomic mass is 15.0. The van der Waals surface area contributed by atoms with Crippen molar-refractivity contribution in [3.8, 4) is 0 Å². The minimum atomic E-state index is 0.0752. The van der Waals surface area contributed by atoms with E-state index in [-0.39, 0.29) is 6.98 Å². The number of hydrogen-bond donors (Lipinski definition) is 2. The van der Waals surface area contributed by atoms with Crippen molar-refractivity contribution in [2.45, 2.75) is 6.42 Å². The molecule has 0 atom stereocenters. The van der Waals surface area contributed by atoms with Crippen LogP contribution in [0.4, 0.5) is 11.4 Å². The van der Waals surface area contributed by atoms with Crippen LogP contribution in [0.2, 0.25) is 0 Å². The van der Waals surface area contributed by atoms with Crippen molar-refractivity contribution in [3.63, 3.8) is 0 Å². The van der Waals surface area contributed by atoms with Crippen LogP contribution in [0.15, 0.2) is 91.0 Å². The molecule has 2 N–H and O–H groups in total. The molecule has 0 fully saturated rings. The normalized spacial score (nSPS) is 12.5. The Morgan fingerprint density at radius 3 is 2.00 bits per heavy atom. The first kappa shape index (κ1) is 15.1. The lowest BCUT2D eigenvalue weighted by molar-refractivity contribution is 1.20. The summed E-state index contributed by atoms with van der Waals surface area (Å²) in [6, 6.07) is 32.3. The summed E-state index contributed by atoms with van der Waals surface area (Å²) in [5.74, 6) is 0. The Kier molecular flexibility index (Phi) is 3.64. The number of anilines is 2. The molecule has 1 aliphatic rings. The zero-order valence-electron chi connectivity index (χ0n) is 14.4. The van der Waals surface area contributed by atoms with Crippen LogP contribution >= 0.6 is 0 Å². The molecule has 0 amide bonds. The van der Waals surface area contributed by atoms with Crippen LogP contribution in [-0.4, -0.2) is 6.98 Å². The van der Waals surface area contributed by atoms with Gasteiger partial charge in [0, 0.05) is 16.8 Å². The smallest absolute Gasteiger partial charge is 0.405 e. The molecule has 0 unspecified atom stereocenters. The van der Waals surface area contributed by atoms with Gasteiger partial charge in [0.2, 0.25) is 0 Å². The minimum absolute atomic E-state index is 0.0752. The Labute approximate surface area is 154 Å². The molecule has 0 saturated heterocycles. The lowest BCUT2D eigenvalue weighted by Crippen LogP contribution is -2.47.